The number of nitrogens with zero attached hydrogens (tertiary/aromatic N) is 4. The number of aromatic nitrogens is 3. The molecule has 3 heterocycles. The molecule has 2 aromatic rings. The van der Waals surface area contributed by atoms with E-state index in [1.807, 2.05) is 4.90 Å². The van der Waals surface area contributed by atoms with Gasteiger partial charge in [0.05, 0.1) is 29.1 Å². The van der Waals surface area contributed by atoms with Crippen molar-refractivity contribution in [2.75, 3.05) is 18.0 Å². The predicted molar refractivity (Wildman–Crippen MR) is 86.2 cm³/mol. The summed E-state index contributed by atoms with van der Waals surface area (Å²) in [5.41, 5.74) is 1.37. The maximum atomic E-state index is 12.5. The highest BCUT2D eigenvalue weighted by Gasteiger charge is 2.31. The van der Waals surface area contributed by atoms with Crippen LogP contribution in [0.5, 0.6) is 0 Å². The molecule has 0 aliphatic carbocycles. The average molecular weight is 371 g/mol. The highest BCUT2D eigenvalue weighted by atomic mass is 35.5. The molecule has 132 valence electrons. The summed E-state index contributed by atoms with van der Waals surface area (Å²) in [5.74, 6) is 5.48. The number of aliphatic hydroxyl groups excluding tert-OH is 1. The Morgan fingerprint density at radius 1 is 1.28 bits per heavy atom. The van der Waals surface area contributed by atoms with Crippen LogP contribution in [0, 0.1) is 11.8 Å². The third-order valence-corrected chi connectivity index (χ3v) is 3.98. The smallest absolute Gasteiger partial charge is 0.391 e. The standard InChI is InChI=1S/C16H14ClF3N4O/c17-15-6-14(23-5-1-2-13(25)10-23)12(8-21-15)4-3-11-7-22-24(9-11)16(18,19)20/h6-9,13,25H,1-2,5,10H2/t13-/m0/s1. The van der Waals surface area contributed by atoms with Gasteiger partial charge in [0, 0.05) is 31.5 Å². The van der Waals surface area contributed by atoms with Crippen LogP contribution in [-0.2, 0) is 6.30 Å². The van der Waals surface area contributed by atoms with E-state index in [0.717, 1.165) is 31.8 Å². The zero-order valence-electron chi connectivity index (χ0n) is 13.0. The van der Waals surface area contributed by atoms with Gasteiger partial charge >= 0.3 is 6.30 Å². The molecule has 3 rings (SSSR count). The summed E-state index contributed by atoms with van der Waals surface area (Å²) in [4.78, 5) is 5.93. The number of β-amino-alcohol motifs (C(OH)–C–C–N with tert-alkyl or cyclic N) is 1. The molecule has 1 aliphatic heterocycles. The molecule has 5 nitrogen and oxygen atoms in total. The second kappa shape index (κ2) is 6.94. The lowest BCUT2D eigenvalue weighted by Crippen LogP contribution is -2.38. The number of piperidine rings is 1. The fourth-order valence-electron chi connectivity index (χ4n) is 2.62. The SMILES string of the molecule is O[C@H]1CCCN(c2cc(Cl)ncc2C#Cc2cnn(C(F)(F)F)c2)C1. The minimum Gasteiger partial charge on any atom is -0.391 e. The maximum Gasteiger partial charge on any atom is 0.504 e. The van der Waals surface area contributed by atoms with E-state index in [1.165, 1.54) is 6.20 Å². The van der Waals surface area contributed by atoms with Crippen LogP contribution in [0.3, 0.4) is 0 Å². The van der Waals surface area contributed by atoms with Gasteiger partial charge in [-0.15, -0.1) is 13.2 Å². The highest BCUT2D eigenvalue weighted by Crippen LogP contribution is 2.26. The maximum absolute atomic E-state index is 12.5. The molecule has 25 heavy (non-hydrogen) atoms. The summed E-state index contributed by atoms with van der Waals surface area (Å²) in [6.07, 6.45) is -0.114. The predicted octanol–water partition coefficient (Wildman–Crippen LogP) is 2.77. The molecule has 9 heteroatoms. The van der Waals surface area contributed by atoms with Crippen LogP contribution in [0.15, 0.2) is 24.7 Å². The lowest BCUT2D eigenvalue weighted by Gasteiger charge is -2.32. The summed E-state index contributed by atoms with van der Waals surface area (Å²) >= 11 is 5.96. The third-order valence-electron chi connectivity index (χ3n) is 3.77. The van der Waals surface area contributed by atoms with Crippen LogP contribution in [0.1, 0.15) is 24.0 Å². The zero-order valence-corrected chi connectivity index (χ0v) is 13.7. The normalized spacial score (nSPS) is 18.0. The van der Waals surface area contributed by atoms with Gasteiger partial charge in [0.25, 0.3) is 0 Å². The topological polar surface area (TPSA) is 54.2 Å². The van der Waals surface area contributed by atoms with Gasteiger partial charge in [-0.05, 0) is 12.8 Å². The van der Waals surface area contributed by atoms with E-state index >= 15 is 0 Å². The Hall–Kier alpha value is -2.24. The lowest BCUT2D eigenvalue weighted by atomic mass is 10.1. The van der Waals surface area contributed by atoms with Crippen molar-refractivity contribution >= 4 is 17.3 Å². The Bertz CT molecular complexity index is 825. The van der Waals surface area contributed by atoms with Crippen molar-refractivity contribution in [2.45, 2.75) is 25.2 Å². The fourth-order valence-corrected chi connectivity index (χ4v) is 2.77. The average Bonchev–Trinajstić information content (AvgIpc) is 3.03. The van der Waals surface area contributed by atoms with Crippen LogP contribution >= 0.6 is 11.6 Å². The summed E-state index contributed by atoms with van der Waals surface area (Å²) in [5, 5.41) is 13.4. The van der Waals surface area contributed by atoms with Crippen LogP contribution in [0.4, 0.5) is 18.9 Å². The third kappa shape index (κ3) is 4.24. The first kappa shape index (κ1) is 17.6. The second-order valence-electron chi connectivity index (χ2n) is 5.66. The van der Waals surface area contributed by atoms with Crippen molar-refractivity contribution in [3.8, 4) is 11.8 Å². The van der Waals surface area contributed by atoms with Crippen LogP contribution < -0.4 is 4.90 Å². The van der Waals surface area contributed by atoms with Crippen molar-refractivity contribution in [2.24, 2.45) is 0 Å². The molecule has 2 aromatic heterocycles. The number of hydrogen-bond donors (Lipinski definition) is 1. The molecular weight excluding hydrogens is 357 g/mol. The summed E-state index contributed by atoms with van der Waals surface area (Å²) in [6.45, 7) is 1.18. The van der Waals surface area contributed by atoms with E-state index in [4.69, 9.17) is 11.6 Å². The molecule has 1 saturated heterocycles. The van der Waals surface area contributed by atoms with E-state index in [9.17, 15) is 18.3 Å². The number of halogens is 4. The Morgan fingerprint density at radius 3 is 2.76 bits per heavy atom. The van der Waals surface area contributed by atoms with E-state index in [-0.39, 0.29) is 15.4 Å². The lowest BCUT2D eigenvalue weighted by molar-refractivity contribution is -0.212. The van der Waals surface area contributed by atoms with Gasteiger partial charge in [0.2, 0.25) is 0 Å². The molecule has 0 aromatic carbocycles. The van der Waals surface area contributed by atoms with Crippen molar-refractivity contribution in [1.29, 1.82) is 0 Å². The Morgan fingerprint density at radius 2 is 2.08 bits per heavy atom. The largest absolute Gasteiger partial charge is 0.504 e. The van der Waals surface area contributed by atoms with Crippen molar-refractivity contribution in [3.63, 3.8) is 0 Å². The quantitative estimate of drug-likeness (QED) is 0.619. The molecule has 1 fully saturated rings. The van der Waals surface area contributed by atoms with Gasteiger partial charge in [-0.2, -0.15) is 9.78 Å². The molecular formula is C16H14ClF3N4O. The minimum atomic E-state index is -4.57. The van der Waals surface area contributed by atoms with Gasteiger partial charge in [-0.1, -0.05) is 23.4 Å². The molecule has 0 spiro atoms. The first-order chi connectivity index (χ1) is 11.8. The van der Waals surface area contributed by atoms with Crippen molar-refractivity contribution in [3.05, 3.63) is 40.9 Å². The van der Waals surface area contributed by atoms with Gasteiger partial charge in [0.15, 0.2) is 0 Å². The number of alkyl halides is 3. The van der Waals surface area contributed by atoms with Gasteiger partial charge < -0.3 is 10.0 Å². The molecule has 0 radical (unpaired) electrons. The van der Waals surface area contributed by atoms with Crippen molar-refractivity contribution in [1.82, 2.24) is 14.8 Å². The fraction of sp³-hybridized carbons (Fsp3) is 0.375. The second-order valence-corrected chi connectivity index (χ2v) is 6.04. The van der Waals surface area contributed by atoms with Crippen molar-refractivity contribution < 1.29 is 18.3 Å². The molecule has 0 unspecified atom stereocenters. The van der Waals surface area contributed by atoms with Gasteiger partial charge in [0.1, 0.15) is 5.15 Å². The van der Waals surface area contributed by atoms with E-state index in [2.05, 4.69) is 21.9 Å². The molecule has 1 aliphatic rings. The molecule has 0 bridgehead atoms. The summed E-state index contributed by atoms with van der Waals surface area (Å²) in [6, 6.07) is 1.64. The summed E-state index contributed by atoms with van der Waals surface area (Å²) < 4.78 is 37.6. The Balaban J connectivity index is 1.89. The monoisotopic (exact) mass is 370 g/mol. The Labute approximate surface area is 147 Å². The van der Waals surface area contributed by atoms with Gasteiger partial charge in [-0.25, -0.2) is 4.98 Å². The molecule has 1 atom stereocenters. The first-order valence-electron chi connectivity index (χ1n) is 7.55. The number of aliphatic hydroxyl groups is 1. The minimum absolute atomic E-state index is 0.0982. The number of rotatable bonds is 1. The van der Waals surface area contributed by atoms with Crippen LogP contribution in [-0.4, -0.2) is 39.1 Å². The van der Waals surface area contributed by atoms with E-state index < -0.39 is 12.4 Å². The first-order valence-corrected chi connectivity index (χ1v) is 7.93. The van der Waals surface area contributed by atoms with E-state index in [0.29, 0.717) is 17.8 Å². The molecule has 0 amide bonds. The molecule has 0 saturated carbocycles. The van der Waals surface area contributed by atoms with Crippen LogP contribution in [0.2, 0.25) is 5.15 Å². The van der Waals surface area contributed by atoms with Crippen LogP contribution in [0.25, 0.3) is 0 Å². The highest BCUT2D eigenvalue weighted by molar-refractivity contribution is 6.29. The molecule has 1 N–H and O–H groups in total. The van der Waals surface area contributed by atoms with Gasteiger partial charge in [-0.3, -0.25) is 0 Å². The number of hydrogen-bond acceptors (Lipinski definition) is 4. The number of pyridine rings is 1. The summed E-state index contributed by atoms with van der Waals surface area (Å²) in [7, 11) is 0. The number of anilines is 1. The Kier molecular flexibility index (Phi) is 4.88. The zero-order chi connectivity index (χ0) is 18.0. The van der Waals surface area contributed by atoms with E-state index in [1.54, 1.807) is 6.07 Å².